The maximum absolute atomic E-state index is 4.08. The summed E-state index contributed by atoms with van der Waals surface area (Å²) in [7, 11) is 0. The molecule has 21 heavy (non-hydrogen) atoms. The van der Waals surface area contributed by atoms with E-state index in [0.29, 0.717) is 12.1 Å². The molecule has 0 radical (unpaired) electrons. The third-order valence-corrected chi connectivity index (χ3v) is 4.44. The molecule has 0 saturated carbocycles. The zero-order valence-corrected chi connectivity index (χ0v) is 13.0. The van der Waals surface area contributed by atoms with Crippen LogP contribution in [0.3, 0.4) is 0 Å². The second-order valence-corrected chi connectivity index (χ2v) is 6.01. The quantitative estimate of drug-likeness (QED) is 0.759. The van der Waals surface area contributed by atoms with Crippen molar-refractivity contribution in [2.24, 2.45) is 0 Å². The number of aromatic nitrogens is 2. The minimum atomic E-state index is 0.316. The Morgan fingerprint density at radius 3 is 2.43 bits per heavy atom. The molecule has 1 N–H and O–H groups in total. The van der Waals surface area contributed by atoms with Gasteiger partial charge >= 0.3 is 0 Å². The molecule has 0 spiro atoms. The number of imidazole rings is 1. The predicted molar refractivity (Wildman–Crippen MR) is 87.8 cm³/mol. The molecule has 3 nitrogen and oxygen atoms in total. The van der Waals surface area contributed by atoms with Crippen LogP contribution >= 0.6 is 11.3 Å². The lowest BCUT2D eigenvalue weighted by molar-refractivity contribution is 0.495. The molecule has 2 heterocycles. The molecule has 4 heteroatoms. The van der Waals surface area contributed by atoms with Gasteiger partial charge in [-0.3, -0.25) is 0 Å². The monoisotopic (exact) mass is 297 g/mol. The SMILES string of the molecule is CC(NC(C)c1ccsc1)c1ccc(-n2ccnc2)cc1. The minimum Gasteiger partial charge on any atom is -0.306 e. The van der Waals surface area contributed by atoms with Crippen LogP contribution in [0.2, 0.25) is 0 Å². The van der Waals surface area contributed by atoms with Crippen molar-refractivity contribution in [3.63, 3.8) is 0 Å². The molecule has 0 aliphatic heterocycles. The molecule has 0 saturated heterocycles. The lowest BCUT2D eigenvalue weighted by Crippen LogP contribution is -2.22. The third-order valence-electron chi connectivity index (χ3n) is 3.74. The first-order valence-electron chi connectivity index (χ1n) is 7.10. The molecule has 0 bridgehead atoms. The summed E-state index contributed by atoms with van der Waals surface area (Å²) in [6, 6.07) is 11.5. The van der Waals surface area contributed by atoms with Crippen molar-refractivity contribution in [2.45, 2.75) is 25.9 Å². The Morgan fingerprint density at radius 2 is 1.81 bits per heavy atom. The summed E-state index contributed by atoms with van der Waals surface area (Å²) in [5.74, 6) is 0. The van der Waals surface area contributed by atoms with Crippen LogP contribution in [0.5, 0.6) is 0 Å². The van der Waals surface area contributed by atoms with E-state index in [-0.39, 0.29) is 0 Å². The van der Waals surface area contributed by atoms with Crippen molar-refractivity contribution in [3.8, 4) is 5.69 Å². The number of thiophene rings is 1. The standard InChI is InChI=1S/C17H19N3S/c1-13(19-14(2)16-7-10-21-11-16)15-3-5-17(6-4-15)20-9-8-18-12-20/h3-14,19H,1-2H3. The summed E-state index contributed by atoms with van der Waals surface area (Å²) in [4.78, 5) is 4.08. The van der Waals surface area contributed by atoms with Crippen molar-refractivity contribution >= 4 is 11.3 Å². The molecule has 2 aromatic heterocycles. The average molecular weight is 297 g/mol. The lowest BCUT2D eigenvalue weighted by Gasteiger charge is -2.20. The van der Waals surface area contributed by atoms with E-state index < -0.39 is 0 Å². The summed E-state index contributed by atoms with van der Waals surface area (Å²) < 4.78 is 2.01. The number of nitrogens with one attached hydrogen (secondary N) is 1. The molecule has 0 fully saturated rings. The van der Waals surface area contributed by atoms with Gasteiger partial charge in [0.05, 0.1) is 6.33 Å². The highest BCUT2D eigenvalue weighted by molar-refractivity contribution is 7.07. The second-order valence-electron chi connectivity index (χ2n) is 5.23. The van der Waals surface area contributed by atoms with Crippen molar-refractivity contribution in [2.75, 3.05) is 0 Å². The molecule has 0 aliphatic carbocycles. The van der Waals surface area contributed by atoms with Crippen LogP contribution in [-0.4, -0.2) is 9.55 Å². The van der Waals surface area contributed by atoms with Crippen molar-refractivity contribution in [1.29, 1.82) is 0 Å². The highest BCUT2D eigenvalue weighted by Gasteiger charge is 2.11. The second kappa shape index (κ2) is 6.24. The third kappa shape index (κ3) is 3.23. The van der Waals surface area contributed by atoms with Crippen LogP contribution in [0.25, 0.3) is 5.69 Å². The van der Waals surface area contributed by atoms with Gasteiger partial charge in [-0.15, -0.1) is 0 Å². The number of rotatable bonds is 5. The molecular weight excluding hydrogens is 278 g/mol. The Bertz CT molecular complexity index is 657. The summed E-state index contributed by atoms with van der Waals surface area (Å²) in [6.07, 6.45) is 5.56. The summed E-state index contributed by atoms with van der Waals surface area (Å²) >= 11 is 1.74. The number of hydrogen-bond acceptors (Lipinski definition) is 3. The van der Waals surface area contributed by atoms with Gasteiger partial charge < -0.3 is 9.88 Å². The first-order valence-corrected chi connectivity index (χ1v) is 8.05. The van der Waals surface area contributed by atoms with Gasteiger partial charge in [0, 0.05) is 30.2 Å². The van der Waals surface area contributed by atoms with Crippen LogP contribution in [0.1, 0.15) is 37.1 Å². The van der Waals surface area contributed by atoms with Gasteiger partial charge in [-0.1, -0.05) is 12.1 Å². The molecule has 0 aliphatic rings. The first kappa shape index (κ1) is 14.0. The average Bonchev–Trinajstić information content (AvgIpc) is 3.20. The molecule has 1 aromatic carbocycles. The summed E-state index contributed by atoms with van der Waals surface area (Å²) in [5, 5.41) is 7.96. The zero-order chi connectivity index (χ0) is 14.7. The van der Waals surface area contributed by atoms with E-state index in [9.17, 15) is 0 Å². The summed E-state index contributed by atoms with van der Waals surface area (Å²) in [6.45, 7) is 4.41. The molecule has 2 unspecified atom stereocenters. The topological polar surface area (TPSA) is 29.9 Å². The largest absolute Gasteiger partial charge is 0.306 e. The van der Waals surface area contributed by atoms with E-state index >= 15 is 0 Å². The van der Waals surface area contributed by atoms with Crippen LogP contribution in [0.15, 0.2) is 59.8 Å². The van der Waals surface area contributed by atoms with Crippen LogP contribution in [-0.2, 0) is 0 Å². The number of benzene rings is 1. The minimum absolute atomic E-state index is 0.316. The van der Waals surface area contributed by atoms with Crippen molar-refractivity contribution in [1.82, 2.24) is 14.9 Å². The maximum atomic E-state index is 4.08. The fourth-order valence-corrected chi connectivity index (χ4v) is 3.19. The van der Waals surface area contributed by atoms with E-state index in [1.807, 2.05) is 17.1 Å². The van der Waals surface area contributed by atoms with E-state index in [1.165, 1.54) is 11.1 Å². The smallest absolute Gasteiger partial charge is 0.0991 e. The Hall–Kier alpha value is -1.91. The Kier molecular flexibility index (Phi) is 4.18. The van der Waals surface area contributed by atoms with Gasteiger partial charge in [-0.05, 0) is 53.9 Å². The van der Waals surface area contributed by atoms with Crippen LogP contribution in [0, 0.1) is 0 Å². The summed E-state index contributed by atoms with van der Waals surface area (Å²) in [5.41, 5.74) is 3.78. The van der Waals surface area contributed by atoms with E-state index in [1.54, 1.807) is 17.5 Å². The van der Waals surface area contributed by atoms with Gasteiger partial charge in [0.15, 0.2) is 0 Å². The van der Waals surface area contributed by atoms with E-state index in [2.05, 4.69) is 65.2 Å². The van der Waals surface area contributed by atoms with Gasteiger partial charge in [0.25, 0.3) is 0 Å². The fraction of sp³-hybridized carbons (Fsp3) is 0.235. The number of hydrogen-bond donors (Lipinski definition) is 1. The Morgan fingerprint density at radius 1 is 1.05 bits per heavy atom. The van der Waals surface area contributed by atoms with Crippen molar-refractivity contribution < 1.29 is 0 Å². The molecule has 108 valence electrons. The Balaban J connectivity index is 1.69. The fourth-order valence-electron chi connectivity index (χ4n) is 2.44. The van der Waals surface area contributed by atoms with Gasteiger partial charge in [-0.2, -0.15) is 11.3 Å². The predicted octanol–water partition coefficient (Wildman–Crippen LogP) is 4.35. The molecule has 3 aromatic rings. The first-order chi connectivity index (χ1) is 10.2. The van der Waals surface area contributed by atoms with Crippen LogP contribution < -0.4 is 5.32 Å². The molecule has 3 rings (SSSR count). The highest BCUT2D eigenvalue weighted by atomic mass is 32.1. The molecular formula is C17H19N3S. The van der Waals surface area contributed by atoms with Gasteiger partial charge in [0.2, 0.25) is 0 Å². The zero-order valence-electron chi connectivity index (χ0n) is 12.2. The van der Waals surface area contributed by atoms with Gasteiger partial charge in [-0.25, -0.2) is 4.98 Å². The normalized spacial score (nSPS) is 14.0. The maximum Gasteiger partial charge on any atom is 0.0991 e. The molecule has 0 amide bonds. The number of nitrogens with zero attached hydrogens (tertiary/aromatic N) is 2. The lowest BCUT2D eigenvalue weighted by atomic mass is 10.1. The Labute approximate surface area is 129 Å². The molecule has 2 atom stereocenters. The van der Waals surface area contributed by atoms with Gasteiger partial charge in [0.1, 0.15) is 0 Å². The van der Waals surface area contributed by atoms with Crippen molar-refractivity contribution in [3.05, 3.63) is 70.9 Å². The van der Waals surface area contributed by atoms with E-state index in [0.717, 1.165) is 5.69 Å². The van der Waals surface area contributed by atoms with E-state index in [4.69, 9.17) is 0 Å². The van der Waals surface area contributed by atoms with Crippen LogP contribution in [0.4, 0.5) is 0 Å². The highest BCUT2D eigenvalue weighted by Crippen LogP contribution is 2.21.